The number of morpholine rings is 1. The van der Waals surface area contributed by atoms with Gasteiger partial charge >= 0.3 is 0 Å². The van der Waals surface area contributed by atoms with E-state index in [4.69, 9.17) is 4.74 Å². The summed E-state index contributed by atoms with van der Waals surface area (Å²) in [6, 6.07) is 0.200. The van der Waals surface area contributed by atoms with Gasteiger partial charge in [-0.25, -0.2) is 0 Å². The Morgan fingerprint density at radius 3 is 2.94 bits per heavy atom. The summed E-state index contributed by atoms with van der Waals surface area (Å²) in [6.07, 6.45) is 4.26. The number of hydrogen-bond acceptors (Lipinski definition) is 3. The molecule has 1 aliphatic heterocycles. The number of rotatable bonds is 5. The summed E-state index contributed by atoms with van der Waals surface area (Å²) in [5, 5.41) is 6.34. The zero-order valence-corrected chi connectivity index (χ0v) is 10.1. The van der Waals surface area contributed by atoms with Crippen LogP contribution in [0.2, 0.25) is 0 Å². The van der Waals surface area contributed by atoms with Crippen LogP contribution in [0.15, 0.2) is 0 Å². The van der Waals surface area contributed by atoms with E-state index in [-0.39, 0.29) is 11.9 Å². The van der Waals surface area contributed by atoms with Gasteiger partial charge in [-0.1, -0.05) is 6.92 Å². The van der Waals surface area contributed by atoms with Crippen LogP contribution in [0.25, 0.3) is 0 Å². The second kappa shape index (κ2) is 5.15. The van der Waals surface area contributed by atoms with Crippen LogP contribution >= 0.6 is 0 Å². The standard InChI is InChI=1S/C12H22N2O2/c1-2-12(3-4-12)9-14-11(15)7-10-8-16-6-5-13-10/h10,13H,2-9H2,1H3,(H,14,15). The summed E-state index contributed by atoms with van der Waals surface area (Å²) >= 11 is 0. The molecule has 1 saturated heterocycles. The molecule has 1 heterocycles. The molecule has 2 rings (SSSR count). The summed E-state index contributed by atoms with van der Waals surface area (Å²) in [6.45, 7) is 5.34. The molecule has 16 heavy (non-hydrogen) atoms. The van der Waals surface area contributed by atoms with Crippen molar-refractivity contribution < 1.29 is 9.53 Å². The highest BCUT2D eigenvalue weighted by molar-refractivity contribution is 5.76. The van der Waals surface area contributed by atoms with Crippen molar-refractivity contribution in [2.24, 2.45) is 5.41 Å². The van der Waals surface area contributed by atoms with Crippen LogP contribution in [-0.2, 0) is 9.53 Å². The fourth-order valence-corrected chi connectivity index (χ4v) is 2.16. The van der Waals surface area contributed by atoms with Gasteiger partial charge in [-0.15, -0.1) is 0 Å². The lowest BCUT2D eigenvalue weighted by Gasteiger charge is -2.23. The minimum atomic E-state index is 0.155. The summed E-state index contributed by atoms with van der Waals surface area (Å²) in [4.78, 5) is 11.7. The third kappa shape index (κ3) is 3.19. The van der Waals surface area contributed by atoms with Gasteiger partial charge in [0.25, 0.3) is 0 Å². The van der Waals surface area contributed by atoms with E-state index in [1.54, 1.807) is 0 Å². The largest absolute Gasteiger partial charge is 0.378 e. The average Bonchev–Trinajstić information content (AvgIpc) is 3.09. The van der Waals surface area contributed by atoms with E-state index in [2.05, 4.69) is 17.6 Å². The maximum absolute atomic E-state index is 11.7. The minimum Gasteiger partial charge on any atom is -0.378 e. The normalized spacial score (nSPS) is 27.4. The summed E-state index contributed by atoms with van der Waals surface area (Å²) < 4.78 is 5.32. The number of amides is 1. The summed E-state index contributed by atoms with van der Waals surface area (Å²) in [5.41, 5.74) is 0.437. The van der Waals surface area contributed by atoms with Crippen LogP contribution in [-0.4, -0.2) is 38.3 Å². The van der Waals surface area contributed by atoms with Crippen molar-refractivity contribution in [2.45, 2.75) is 38.6 Å². The lowest BCUT2D eigenvalue weighted by molar-refractivity contribution is -0.122. The van der Waals surface area contributed by atoms with Gasteiger partial charge < -0.3 is 15.4 Å². The van der Waals surface area contributed by atoms with Crippen molar-refractivity contribution in [3.05, 3.63) is 0 Å². The lowest BCUT2D eigenvalue weighted by Crippen LogP contribution is -2.44. The van der Waals surface area contributed by atoms with Gasteiger partial charge in [-0.3, -0.25) is 4.79 Å². The predicted octanol–water partition coefficient (Wildman–Crippen LogP) is 0.671. The Kier molecular flexibility index (Phi) is 3.82. The van der Waals surface area contributed by atoms with E-state index in [0.717, 1.165) is 19.7 Å². The molecule has 1 aliphatic carbocycles. The first-order valence-electron chi connectivity index (χ1n) is 6.32. The van der Waals surface area contributed by atoms with Crippen molar-refractivity contribution in [1.82, 2.24) is 10.6 Å². The molecular formula is C12H22N2O2. The van der Waals surface area contributed by atoms with Gasteiger partial charge in [0.15, 0.2) is 0 Å². The highest BCUT2D eigenvalue weighted by Crippen LogP contribution is 2.47. The van der Waals surface area contributed by atoms with Crippen molar-refractivity contribution in [1.29, 1.82) is 0 Å². The Labute approximate surface area is 97.1 Å². The van der Waals surface area contributed by atoms with Crippen LogP contribution in [0.4, 0.5) is 0 Å². The van der Waals surface area contributed by atoms with E-state index in [1.165, 1.54) is 19.3 Å². The molecule has 1 amide bonds. The Morgan fingerprint density at radius 1 is 1.56 bits per heavy atom. The molecule has 4 heteroatoms. The van der Waals surface area contributed by atoms with Gasteiger partial charge in [0.05, 0.1) is 13.2 Å². The first kappa shape index (κ1) is 11.9. The van der Waals surface area contributed by atoms with Crippen LogP contribution in [0.5, 0.6) is 0 Å². The highest BCUT2D eigenvalue weighted by Gasteiger charge is 2.40. The molecule has 0 aromatic rings. The van der Waals surface area contributed by atoms with Gasteiger partial charge in [0.2, 0.25) is 5.91 Å². The van der Waals surface area contributed by atoms with E-state index in [0.29, 0.717) is 18.4 Å². The van der Waals surface area contributed by atoms with Crippen LogP contribution < -0.4 is 10.6 Å². The van der Waals surface area contributed by atoms with Crippen molar-refractivity contribution in [3.8, 4) is 0 Å². The SMILES string of the molecule is CCC1(CNC(=O)CC2COCCN2)CC1. The van der Waals surface area contributed by atoms with Gasteiger partial charge in [-0.05, 0) is 24.7 Å². The zero-order chi connectivity index (χ0) is 11.4. The number of carbonyl (C=O) groups is 1. The lowest BCUT2D eigenvalue weighted by atomic mass is 10.0. The Morgan fingerprint density at radius 2 is 2.38 bits per heavy atom. The Hall–Kier alpha value is -0.610. The molecule has 0 aromatic heterocycles. The summed E-state index contributed by atoms with van der Waals surface area (Å²) in [5.74, 6) is 0.155. The monoisotopic (exact) mass is 226 g/mol. The fraction of sp³-hybridized carbons (Fsp3) is 0.917. The van der Waals surface area contributed by atoms with Gasteiger partial charge in [0.1, 0.15) is 0 Å². The molecule has 92 valence electrons. The third-order valence-corrected chi connectivity index (χ3v) is 3.80. The molecular weight excluding hydrogens is 204 g/mol. The molecule has 2 fully saturated rings. The average molecular weight is 226 g/mol. The zero-order valence-electron chi connectivity index (χ0n) is 10.1. The molecule has 1 saturated carbocycles. The second-order valence-electron chi connectivity index (χ2n) is 5.06. The Bertz CT molecular complexity index is 245. The van der Waals surface area contributed by atoms with Crippen molar-refractivity contribution in [3.63, 3.8) is 0 Å². The second-order valence-corrected chi connectivity index (χ2v) is 5.06. The van der Waals surface area contributed by atoms with Gasteiger partial charge in [-0.2, -0.15) is 0 Å². The maximum atomic E-state index is 11.7. The predicted molar refractivity (Wildman–Crippen MR) is 62.2 cm³/mol. The molecule has 0 spiro atoms. The van der Waals surface area contributed by atoms with Crippen LogP contribution in [0, 0.1) is 5.41 Å². The molecule has 1 atom stereocenters. The summed E-state index contributed by atoms with van der Waals surface area (Å²) in [7, 11) is 0. The fourth-order valence-electron chi connectivity index (χ4n) is 2.16. The number of hydrogen-bond donors (Lipinski definition) is 2. The maximum Gasteiger partial charge on any atom is 0.221 e. The van der Waals surface area contributed by atoms with E-state index in [9.17, 15) is 4.79 Å². The number of ether oxygens (including phenoxy) is 1. The highest BCUT2D eigenvalue weighted by atomic mass is 16.5. The molecule has 4 nitrogen and oxygen atoms in total. The minimum absolute atomic E-state index is 0.155. The molecule has 1 unspecified atom stereocenters. The van der Waals surface area contributed by atoms with Crippen molar-refractivity contribution in [2.75, 3.05) is 26.3 Å². The van der Waals surface area contributed by atoms with Crippen LogP contribution in [0.1, 0.15) is 32.6 Å². The van der Waals surface area contributed by atoms with Gasteiger partial charge in [0, 0.05) is 25.6 Å². The van der Waals surface area contributed by atoms with E-state index in [1.807, 2.05) is 0 Å². The molecule has 0 bridgehead atoms. The Balaban J connectivity index is 1.64. The molecule has 0 radical (unpaired) electrons. The third-order valence-electron chi connectivity index (χ3n) is 3.80. The molecule has 0 aromatic carbocycles. The topological polar surface area (TPSA) is 50.4 Å². The number of carbonyl (C=O) groups excluding carboxylic acids is 1. The first-order valence-corrected chi connectivity index (χ1v) is 6.32. The van der Waals surface area contributed by atoms with Crippen molar-refractivity contribution >= 4 is 5.91 Å². The number of nitrogens with one attached hydrogen (secondary N) is 2. The first-order chi connectivity index (χ1) is 7.74. The molecule has 2 N–H and O–H groups in total. The van der Waals surface area contributed by atoms with E-state index < -0.39 is 0 Å². The van der Waals surface area contributed by atoms with Crippen LogP contribution in [0.3, 0.4) is 0 Å². The van der Waals surface area contributed by atoms with E-state index >= 15 is 0 Å². The smallest absolute Gasteiger partial charge is 0.221 e. The quantitative estimate of drug-likeness (QED) is 0.724. The molecule has 2 aliphatic rings.